The van der Waals surface area contributed by atoms with Crippen molar-refractivity contribution in [3.05, 3.63) is 46.5 Å². The Morgan fingerprint density at radius 2 is 2.35 bits per heavy atom. The second-order valence-electron chi connectivity index (χ2n) is 4.15. The topological polar surface area (TPSA) is 38.1 Å². The van der Waals surface area contributed by atoms with Gasteiger partial charge < -0.3 is 9.73 Å². The minimum atomic E-state index is 0.286. The van der Waals surface area contributed by atoms with Crippen molar-refractivity contribution >= 4 is 21.7 Å². The van der Waals surface area contributed by atoms with Crippen LogP contribution in [0.5, 0.6) is 0 Å². The first kappa shape index (κ1) is 12.2. The summed E-state index contributed by atoms with van der Waals surface area (Å²) in [5.74, 6) is 1.91. The predicted molar refractivity (Wildman–Crippen MR) is 72.2 cm³/mol. The van der Waals surface area contributed by atoms with E-state index in [2.05, 4.69) is 39.2 Å². The number of anilines is 1. The smallest absolute Gasteiger partial charge is 0.129 e. The second-order valence-corrected chi connectivity index (χ2v) is 5.06. The van der Waals surface area contributed by atoms with Gasteiger partial charge in [-0.15, -0.1) is 0 Å². The molecule has 0 bridgehead atoms. The number of aryl methyl sites for hydroxylation is 1. The Morgan fingerprint density at radius 3 is 3.00 bits per heavy atom. The van der Waals surface area contributed by atoms with Gasteiger partial charge in [0.15, 0.2) is 0 Å². The molecule has 3 nitrogen and oxygen atoms in total. The van der Waals surface area contributed by atoms with Crippen LogP contribution >= 0.6 is 15.9 Å². The van der Waals surface area contributed by atoms with Crippen LogP contribution in [0.25, 0.3) is 0 Å². The van der Waals surface area contributed by atoms with Crippen molar-refractivity contribution in [1.29, 1.82) is 0 Å². The highest BCUT2D eigenvalue weighted by Gasteiger charge is 2.08. The summed E-state index contributed by atoms with van der Waals surface area (Å²) >= 11 is 3.41. The fourth-order valence-electron chi connectivity index (χ4n) is 1.71. The number of furan rings is 1. The van der Waals surface area contributed by atoms with Crippen molar-refractivity contribution in [3.8, 4) is 0 Å². The maximum Gasteiger partial charge on any atom is 0.129 e. The predicted octanol–water partition coefficient (Wildman–Crippen LogP) is 3.79. The zero-order valence-corrected chi connectivity index (χ0v) is 11.5. The number of hydrogen-bond donors (Lipinski definition) is 1. The molecule has 2 aromatic heterocycles. The normalized spacial score (nSPS) is 12.4. The molecule has 0 fully saturated rings. The van der Waals surface area contributed by atoms with Gasteiger partial charge in [-0.05, 0) is 53.5 Å². The molecule has 0 aromatic carbocycles. The highest BCUT2D eigenvalue weighted by molar-refractivity contribution is 9.10. The number of hydrogen-bond acceptors (Lipinski definition) is 3. The largest absolute Gasteiger partial charge is 0.469 e. The lowest BCUT2D eigenvalue weighted by molar-refractivity contribution is 0.497. The van der Waals surface area contributed by atoms with E-state index < -0.39 is 0 Å². The molecule has 1 N–H and O–H groups in total. The van der Waals surface area contributed by atoms with Gasteiger partial charge in [0, 0.05) is 23.1 Å². The van der Waals surface area contributed by atoms with Crippen LogP contribution in [-0.2, 0) is 6.42 Å². The van der Waals surface area contributed by atoms with Gasteiger partial charge in [0.2, 0.25) is 0 Å². The summed E-state index contributed by atoms with van der Waals surface area (Å²) in [6.07, 6.45) is 4.35. The molecule has 2 heterocycles. The fraction of sp³-hybridized carbons (Fsp3) is 0.308. The van der Waals surface area contributed by atoms with Crippen molar-refractivity contribution in [2.45, 2.75) is 26.3 Å². The Bertz CT molecular complexity index is 482. The molecular weight excluding hydrogens is 280 g/mol. The first-order chi connectivity index (χ1) is 8.15. The first-order valence-corrected chi connectivity index (χ1v) is 6.35. The zero-order chi connectivity index (χ0) is 12.3. The summed E-state index contributed by atoms with van der Waals surface area (Å²) in [5.41, 5.74) is 1.13. The third-order valence-electron chi connectivity index (χ3n) is 2.52. The molecule has 2 rings (SSSR count). The molecule has 90 valence electrons. The highest BCUT2D eigenvalue weighted by atomic mass is 79.9. The Hall–Kier alpha value is -1.29. The van der Waals surface area contributed by atoms with Gasteiger partial charge in [-0.3, -0.25) is 0 Å². The SMILES string of the molecule is Cc1cc(Br)cnc1NC(C)Cc1ccco1. The molecule has 0 saturated carbocycles. The molecule has 0 spiro atoms. The van der Waals surface area contributed by atoms with Gasteiger partial charge in [-0.1, -0.05) is 0 Å². The van der Waals surface area contributed by atoms with E-state index >= 15 is 0 Å². The molecule has 0 saturated heterocycles. The van der Waals surface area contributed by atoms with E-state index in [1.54, 1.807) is 12.5 Å². The maximum absolute atomic E-state index is 5.32. The van der Waals surface area contributed by atoms with Crippen LogP contribution < -0.4 is 5.32 Å². The molecule has 0 aliphatic heterocycles. The van der Waals surface area contributed by atoms with Crippen LogP contribution in [0.3, 0.4) is 0 Å². The van der Waals surface area contributed by atoms with Crippen molar-refractivity contribution < 1.29 is 4.42 Å². The van der Waals surface area contributed by atoms with Crippen molar-refractivity contribution in [2.75, 3.05) is 5.32 Å². The number of aromatic nitrogens is 1. The summed E-state index contributed by atoms with van der Waals surface area (Å²) < 4.78 is 6.32. The summed E-state index contributed by atoms with van der Waals surface area (Å²) in [4.78, 5) is 4.36. The van der Waals surface area contributed by atoms with Crippen molar-refractivity contribution in [2.24, 2.45) is 0 Å². The number of nitrogens with zero attached hydrogens (tertiary/aromatic N) is 1. The number of rotatable bonds is 4. The van der Waals surface area contributed by atoms with Gasteiger partial charge >= 0.3 is 0 Å². The van der Waals surface area contributed by atoms with Crippen LogP contribution in [-0.4, -0.2) is 11.0 Å². The lowest BCUT2D eigenvalue weighted by atomic mass is 10.2. The van der Waals surface area contributed by atoms with E-state index in [0.717, 1.165) is 28.0 Å². The second kappa shape index (κ2) is 5.36. The third kappa shape index (κ3) is 3.33. The monoisotopic (exact) mass is 294 g/mol. The van der Waals surface area contributed by atoms with E-state index in [-0.39, 0.29) is 6.04 Å². The Kier molecular flexibility index (Phi) is 3.84. The van der Waals surface area contributed by atoms with Gasteiger partial charge in [-0.2, -0.15) is 0 Å². The first-order valence-electron chi connectivity index (χ1n) is 5.56. The van der Waals surface area contributed by atoms with Gasteiger partial charge in [0.05, 0.1) is 6.26 Å². The minimum Gasteiger partial charge on any atom is -0.469 e. The quantitative estimate of drug-likeness (QED) is 0.932. The average molecular weight is 295 g/mol. The summed E-state index contributed by atoms with van der Waals surface area (Å²) in [7, 11) is 0. The van der Waals surface area contributed by atoms with Crippen LogP contribution in [0.1, 0.15) is 18.2 Å². The zero-order valence-electron chi connectivity index (χ0n) is 9.90. The van der Waals surface area contributed by atoms with Crippen LogP contribution in [0.2, 0.25) is 0 Å². The van der Waals surface area contributed by atoms with Gasteiger partial charge in [0.1, 0.15) is 11.6 Å². The highest BCUT2D eigenvalue weighted by Crippen LogP contribution is 2.18. The van der Waals surface area contributed by atoms with E-state index in [1.165, 1.54) is 0 Å². The standard InChI is InChI=1S/C13H15BrN2O/c1-9-6-11(14)8-15-13(9)16-10(2)7-12-4-3-5-17-12/h3-6,8,10H,7H2,1-2H3,(H,15,16). The van der Waals surface area contributed by atoms with Crippen LogP contribution in [0, 0.1) is 6.92 Å². The molecular formula is C13H15BrN2O. The summed E-state index contributed by atoms with van der Waals surface area (Å²) in [6.45, 7) is 4.16. The van der Waals surface area contributed by atoms with E-state index in [4.69, 9.17) is 4.42 Å². The molecule has 0 aliphatic carbocycles. The summed E-state index contributed by atoms with van der Waals surface area (Å²) in [5, 5.41) is 3.38. The van der Waals surface area contributed by atoms with Gasteiger partial charge in [-0.25, -0.2) is 4.98 Å². The van der Waals surface area contributed by atoms with Gasteiger partial charge in [0.25, 0.3) is 0 Å². The lowest BCUT2D eigenvalue weighted by Gasteiger charge is -2.15. The van der Waals surface area contributed by atoms with E-state index in [9.17, 15) is 0 Å². The van der Waals surface area contributed by atoms with E-state index in [1.807, 2.05) is 19.1 Å². The Morgan fingerprint density at radius 1 is 1.53 bits per heavy atom. The summed E-state index contributed by atoms with van der Waals surface area (Å²) in [6, 6.07) is 6.23. The number of nitrogens with one attached hydrogen (secondary N) is 1. The number of pyridine rings is 1. The molecule has 0 aliphatic rings. The molecule has 4 heteroatoms. The lowest BCUT2D eigenvalue weighted by Crippen LogP contribution is -2.19. The molecule has 1 atom stereocenters. The van der Waals surface area contributed by atoms with Crippen LogP contribution in [0.4, 0.5) is 5.82 Å². The van der Waals surface area contributed by atoms with E-state index in [0.29, 0.717) is 0 Å². The average Bonchev–Trinajstić information content (AvgIpc) is 2.75. The maximum atomic E-state index is 5.32. The molecule has 17 heavy (non-hydrogen) atoms. The molecule has 0 radical (unpaired) electrons. The Labute approximate surface area is 109 Å². The fourth-order valence-corrected chi connectivity index (χ4v) is 2.15. The van der Waals surface area contributed by atoms with Crippen molar-refractivity contribution in [3.63, 3.8) is 0 Å². The number of halogens is 1. The minimum absolute atomic E-state index is 0.286. The Balaban J connectivity index is 2.00. The van der Waals surface area contributed by atoms with Crippen molar-refractivity contribution in [1.82, 2.24) is 4.98 Å². The third-order valence-corrected chi connectivity index (χ3v) is 2.95. The molecule has 2 aromatic rings. The van der Waals surface area contributed by atoms with Crippen LogP contribution in [0.15, 0.2) is 39.5 Å². The molecule has 0 amide bonds. The molecule has 1 unspecified atom stereocenters.